The van der Waals surface area contributed by atoms with Gasteiger partial charge in [0.1, 0.15) is 12.4 Å². The third-order valence-corrected chi connectivity index (χ3v) is 4.95. The molecular weight excluding hydrogens is 378 g/mol. The molecule has 0 bridgehead atoms. The Morgan fingerprint density at radius 2 is 1.77 bits per heavy atom. The second-order valence-electron chi connectivity index (χ2n) is 9.14. The lowest BCUT2D eigenvalue weighted by molar-refractivity contribution is -0.144. The number of carbonyl (C=O) groups is 1. The van der Waals surface area contributed by atoms with E-state index in [1.165, 1.54) is 0 Å². The number of ether oxygens (including phenoxy) is 1. The maximum atomic E-state index is 12.1. The molecule has 0 spiro atoms. The number of carbonyl (C=O) groups excluding carboxylic acids is 1. The summed E-state index contributed by atoms with van der Waals surface area (Å²) in [4.78, 5) is 12.1. The topological polar surface area (TPSA) is 78.8 Å². The quantitative estimate of drug-likeness (QED) is 0.527. The van der Waals surface area contributed by atoms with Crippen LogP contribution in [0.25, 0.3) is 0 Å². The van der Waals surface area contributed by atoms with E-state index >= 15 is 0 Å². The molecule has 0 aliphatic rings. The summed E-state index contributed by atoms with van der Waals surface area (Å²) in [6, 6.07) is 14.6. The zero-order chi connectivity index (χ0) is 22.3. The highest BCUT2D eigenvalue weighted by molar-refractivity contribution is 5.69. The summed E-state index contributed by atoms with van der Waals surface area (Å²) >= 11 is 0. The minimum Gasteiger partial charge on any atom is -0.508 e. The molecule has 0 aliphatic heterocycles. The second kappa shape index (κ2) is 10.6. The number of rotatable bonds is 9. The predicted octanol–water partition coefficient (Wildman–Crippen LogP) is 4.51. The lowest BCUT2D eigenvalue weighted by Gasteiger charge is -2.34. The molecule has 0 saturated heterocycles. The Kier molecular flexibility index (Phi) is 8.44. The third kappa shape index (κ3) is 7.47. The Labute approximate surface area is 180 Å². The predicted molar refractivity (Wildman–Crippen MR) is 119 cm³/mol. The van der Waals surface area contributed by atoms with Crippen molar-refractivity contribution in [2.24, 2.45) is 5.92 Å². The van der Waals surface area contributed by atoms with Crippen molar-refractivity contribution in [1.82, 2.24) is 5.32 Å². The summed E-state index contributed by atoms with van der Waals surface area (Å²) in [5.74, 6) is -0.0716. The molecule has 0 amide bonds. The van der Waals surface area contributed by atoms with Gasteiger partial charge in [-0.25, -0.2) is 0 Å². The molecule has 0 saturated carbocycles. The van der Waals surface area contributed by atoms with E-state index in [9.17, 15) is 15.0 Å². The van der Waals surface area contributed by atoms with Crippen LogP contribution >= 0.6 is 0 Å². The van der Waals surface area contributed by atoms with Gasteiger partial charge in [-0.3, -0.25) is 4.79 Å². The van der Waals surface area contributed by atoms with Crippen molar-refractivity contribution in [2.45, 2.75) is 71.8 Å². The van der Waals surface area contributed by atoms with E-state index < -0.39 is 6.10 Å². The van der Waals surface area contributed by atoms with Gasteiger partial charge in [-0.1, -0.05) is 50.2 Å². The largest absolute Gasteiger partial charge is 0.508 e. The van der Waals surface area contributed by atoms with Gasteiger partial charge >= 0.3 is 5.97 Å². The van der Waals surface area contributed by atoms with Crippen LogP contribution in [0, 0.1) is 5.92 Å². The van der Waals surface area contributed by atoms with Gasteiger partial charge in [-0.2, -0.15) is 0 Å². The SMILES string of the molecule is CC(C)C(NC(C)(C)C)C(O)c1ccc(O)c(COC(=O)CCc2ccccc2)c1. The fourth-order valence-electron chi connectivity index (χ4n) is 3.34. The Morgan fingerprint density at radius 1 is 1.10 bits per heavy atom. The molecule has 0 aliphatic carbocycles. The molecule has 2 rings (SSSR count). The Bertz CT molecular complexity index is 812. The van der Waals surface area contributed by atoms with Crippen LogP contribution in [0.3, 0.4) is 0 Å². The van der Waals surface area contributed by atoms with E-state index in [-0.39, 0.29) is 42.2 Å². The van der Waals surface area contributed by atoms with Crippen LogP contribution in [0.4, 0.5) is 0 Å². The highest BCUT2D eigenvalue weighted by Gasteiger charge is 2.28. The molecule has 0 radical (unpaired) electrons. The van der Waals surface area contributed by atoms with E-state index in [0.717, 1.165) is 5.56 Å². The molecule has 2 atom stereocenters. The first-order valence-corrected chi connectivity index (χ1v) is 10.5. The van der Waals surface area contributed by atoms with E-state index in [4.69, 9.17) is 4.74 Å². The van der Waals surface area contributed by atoms with Crippen LogP contribution in [-0.2, 0) is 22.6 Å². The summed E-state index contributed by atoms with van der Waals surface area (Å²) in [5.41, 5.74) is 2.09. The minimum atomic E-state index is -0.752. The van der Waals surface area contributed by atoms with Crippen LogP contribution in [-0.4, -0.2) is 27.8 Å². The van der Waals surface area contributed by atoms with Crippen LogP contribution in [0.2, 0.25) is 0 Å². The standard InChI is InChI=1S/C25H35NO4/c1-17(2)23(26-25(3,4)5)24(29)19-12-13-21(27)20(15-19)16-30-22(28)14-11-18-9-7-6-8-10-18/h6-10,12-13,15,17,23-24,26-27,29H,11,14,16H2,1-5H3. The van der Waals surface area contributed by atoms with Crippen molar-refractivity contribution in [3.05, 3.63) is 65.2 Å². The number of benzene rings is 2. The monoisotopic (exact) mass is 413 g/mol. The van der Waals surface area contributed by atoms with E-state index in [1.807, 2.05) is 30.3 Å². The molecular formula is C25H35NO4. The first-order chi connectivity index (χ1) is 14.1. The molecule has 164 valence electrons. The summed E-state index contributed by atoms with van der Waals surface area (Å²) in [7, 11) is 0. The minimum absolute atomic E-state index is 0.0287. The number of phenolic OH excluding ortho intramolecular Hbond substituents is 1. The molecule has 0 fully saturated rings. The molecule has 5 heteroatoms. The summed E-state index contributed by atoms with van der Waals surface area (Å²) < 4.78 is 5.36. The number of esters is 1. The zero-order valence-electron chi connectivity index (χ0n) is 18.7. The highest BCUT2D eigenvalue weighted by atomic mass is 16.5. The van der Waals surface area contributed by atoms with Gasteiger partial charge in [0, 0.05) is 23.6 Å². The lowest BCUT2D eigenvalue weighted by atomic mass is 9.90. The fraction of sp³-hybridized carbons (Fsp3) is 0.480. The molecule has 5 nitrogen and oxygen atoms in total. The fourth-order valence-corrected chi connectivity index (χ4v) is 3.34. The average molecular weight is 414 g/mol. The van der Waals surface area contributed by atoms with E-state index in [0.29, 0.717) is 17.5 Å². The molecule has 2 aromatic carbocycles. The number of aliphatic hydroxyl groups excluding tert-OH is 1. The smallest absolute Gasteiger partial charge is 0.306 e. The molecule has 0 heterocycles. The van der Waals surface area contributed by atoms with E-state index in [2.05, 4.69) is 39.9 Å². The van der Waals surface area contributed by atoms with Crippen molar-refractivity contribution >= 4 is 5.97 Å². The molecule has 0 aromatic heterocycles. The van der Waals surface area contributed by atoms with Gasteiger partial charge in [0.15, 0.2) is 0 Å². The Hall–Kier alpha value is -2.37. The average Bonchev–Trinajstić information content (AvgIpc) is 2.69. The van der Waals surface area contributed by atoms with Gasteiger partial charge in [-0.15, -0.1) is 0 Å². The van der Waals surface area contributed by atoms with Gasteiger partial charge in [0.2, 0.25) is 0 Å². The number of nitrogens with one attached hydrogen (secondary N) is 1. The van der Waals surface area contributed by atoms with Crippen LogP contribution in [0.5, 0.6) is 5.75 Å². The molecule has 2 unspecified atom stereocenters. The van der Waals surface area contributed by atoms with Gasteiger partial charge in [-0.05, 0) is 56.4 Å². The van der Waals surface area contributed by atoms with Gasteiger partial charge in [0.05, 0.1) is 6.10 Å². The normalized spacial score (nSPS) is 13.8. The summed E-state index contributed by atoms with van der Waals surface area (Å²) in [6.07, 6.45) is 0.133. The maximum Gasteiger partial charge on any atom is 0.306 e. The van der Waals surface area contributed by atoms with Crippen molar-refractivity contribution in [3.8, 4) is 5.75 Å². The number of hydrogen-bond acceptors (Lipinski definition) is 5. The second-order valence-corrected chi connectivity index (χ2v) is 9.14. The molecule has 2 aromatic rings. The number of aliphatic hydroxyl groups is 1. The number of aryl methyl sites for hydroxylation is 1. The number of phenols is 1. The Morgan fingerprint density at radius 3 is 2.37 bits per heavy atom. The summed E-state index contributed by atoms with van der Waals surface area (Å²) in [6.45, 7) is 10.3. The van der Waals surface area contributed by atoms with Crippen molar-refractivity contribution in [3.63, 3.8) is 0 Å². The van der Waals surface area contributed by atoms with Crippen molar-refractivity contribution in [1.29, 1.82) is 0 Å². The highest BCUT2D eigenvalue weighted by Crippen LogP contribution is 2.28. The van der Waals surface area contributed by atoms with Crippen LogP contribution in [0.15, 0.2) is 48.5 Å². The molecule has 30 heavy (non-hydrogen) atoms. The first kappa shape index (κ1) is 23.9. The number of hydrogen-bond donors (Lipinski definition) is 3. The first-order valence-electron chi connectivity index (χ1n) is 10.5. The van der Waals surface area contributed by atoms with Gasteiger partial charge in [0.25, 0.3) is 0 Å². The maximum absolute atomic E-state index is 12.1. The van der Waals surface area contributed by atoms with E-state index in [1.54, 1.807) is 18.2 Å². The van der Waals surface area contributed by atoms with Crippen molar-refractivity contribution in [2.75, 3.05) is 0 Å². The Balaban J connectivity index is 2.02. The third-order valence-electron chi connectivity index (χ3n) is 4.95. The zero-order valence-corrected chi connectivity index (χ0v) is 18.7. The lowest BCUT2D eigenvalue weighted by Crippen LogP contribution is -2.49. The van der Waals surface area contributed by atoms with Crippen molar-refractivity contribution < 1.29 is 19.7 Å². The number of aromatic hydroxyl groups is 1. The summed E-state index contributed by atoms with van der Waals surface area (Å²) in [5, 5.41) is 24.6. The van der Waals surface area contributed by atoms with Crippen LogP contribution in [0.1, 0.15) is 63.8 Å². The van der Waals surface area contributed by atoms with Gasteiger partial charge < -0.3 is 20.3 Å². The van der Waals surface area contributed by atoms with Crippen LogP contribution < -0.4 is 5.32 Å². The molecule has 3 N–H and O–H groups in total.